The van der Waals surface area contributed by atoms with Crippen LogP contribution in [0.25, 0.3) is 22.6 Å². The Bertz CT molecular complexity index is 1070. The molecule has 162 valence electrons. The lowest BCUT2D eigenvalue weighted by atomic mass is 9.98. The number of rotatable bonds is 2. The van der Waals surface area contributed by atoms with E-state index in [-0.39, 0.29) is 18.6 Å². The van der Waals surface area contributed by atoms with Gasteiger partial charge < -0.3 is 15.7 Å². The molecule has 0 saturated heterocycles. The number of fused-ring (bicyclic) bond motifs is 1. The number of hydrogen-bond acceptors (Lipinski definition) is 7. The van der Waals surface area contributed by atoms with Crippen LogP contribution in [0.1, 0.15) is 37.7 Å². The van der Waals surface area contributed by atoms with Crippen molar-refractivity contribution in [3.8, 4) is 22.6 Å². The van der Waals surface area contributed by atoms with Gasteiger partial charge in [-0.15, -0.1) is 0 Å². The summed E-state index contributed by atoms with van der Waals surface area (Å²) in [4.78, 5) is 24.0. The van der Waals surface area contributed by atoms with Gasteiger partial charge in [0.15, 0.2) is 17.5 Å². The van der Waals surface area contributed by atoms with Gasteiger partial charge in [0.2, 0.25) is 5.91 Å². The van der Waals surface area contributed by atoms with Crippen molar-refractivity contribution >= 4 is 17.5 Å². The van der Waals surface area contributed by atoms with E-state index < -0.39 is 5.82 Å². The molecule has 0 bridgehead atoms. The van der Waals surface area contributed by atoms with Gasteiger partial charge >= 0.3 is 0 Å². The SMILES string of the molecule is Cc1cc(-c2ncn[nH]2)c(F)cc1-c1cnc2c(n1)NC(=O)CN2.OC1CCCCC1. The summed E-state index contributed by atoms with van der Waals surface area (Å²) >= 11 is 0. The summed E-state index contributed by atoms with van der Waals surface area (Å²) in [6.45, 7) is 1.99. The number of anilines is 2. The molecule has 31 heavy (non-hydrogen) atoms. The minimum atomic E-state index is -0.450. The third-order valence-electron chi connectivity index (χ3n) is 5.28. The molecule has 2 aliphatic rings. The molecular weight excluding hydrogens is 401 g/mol. The van der Waals surface area contributed by atoms with Crippen LogP contribution >= 0.6 is 0 Å². The zero-order chi connectivity index (χ0) is 21.8. The molecule has 0 radical (unpaired) electrons. The summed E-state index contributed by atoms with van der Waals surface area (Å²) < 4.78 is 14.5. The number of benzene rings is 1. The number of nitrogens with one attached hydrogen (secondary N) is 3. The highest BCUT2D eigenvalue weighted by Gasteiger charge is 2.19. The fourth-order valence-corrected chi connectivity index (χ4v) is 3.63. The Kier molecular flexibility index (Phi) is 6.17. The number of aliphatic hydroxyl groups excluding tert-OH is 1. The minimum absolute atomic E-state index is 0.0359. The molecular formula is C21H24FN7O2. The summed E-state index contributed by atoms with van der Waals surface area (Å²) in [5.74, 6) is 0.541. The van der Waals surface area contributed by atoms with Crippen molar-refractivity contribution in [2.75, 3.05) is 17.2 Å². The van der Waals surface area contributed by atoms with E-state index in [1.54, 1.807) is 12.3 Å². The predicted octanol–water partition coefficient (Wildman–Crippen LogP) is 3.05. The Labute approximate surface area is 178 Å². The number of nitrogens with zero attached hydrogens (tertiary/aromatic N) is 4. The third-order valence-corrected chi connectivity index (χ3v) is 5.28. The number of amides is 1. The second kappa shape index (κ2) is 9.17. The predicted molar refractivity (Wildman–Crippen MR) is 114 cm³/mol. The standard InChI is InChI=1S/C15H12FN7O.C6H12O/c1-7-2-9(13-19-6-20-23-13)10(16)3-8(7)11-4-17-14-15(21-11)22-12(24)5-18-14;7-6-4-2-1-3-5-6/h2-4,6H,5H2,1H3,(H,17,18)(H,19,20,23)(H,21,22,24);6-7H,1-5H2. The van der Waals surface area contributed by atoms with E-state index in [2.05, 4.69) is 35.8 Å². The molecule has 2 aromatic heterocycles. The zero-order valence-electron chi connectivity index (χ0n) is 17.2. The highest BCUT2D eigenvalue weighted by molar-refractivity contribution is 5.98. The average molecular weight is 425 g/mol. The molecule has 3 heterocycles. The lowest BCUT2D eigenvalue weighted by molar-refractivity contribution is -0.114. The number of aryl methyl sites for hydroxylation is 1. The molecule has 1 saturated carbocycles. The number of aromatic amines is 1. The number of H-pyrrole nitrogens is 1. The van der Waals surface area contributed by atoms with Crippen molar-refractivity contribution < 1.29 is 14.3 Å². The number of hydrogen-bond donors (Lipinski definition) is 4. The molecule has 1 aliphatic heterocycles. The van der Waals surface area contributed by atoms with Crippen LogP contribution < -0.4 is 10.6 Å². The number of aliphatic hydroxyl groups is 1. The molecule has 1 fully saturated rings. The first kappa shape index (κ1) is 20.9. The van der Waals surface area contributed by atoms with E-state index in [0.29, 0.717) is 34.3 Å². The van der Waals surface area contributed by atoms with Gasteiger partial charge in [0, 0.05) is 5.56 Å². The van der Waals surface area contributed by atoms with Gasteiger partial charge in [0.05, 0.1) is 30.1 Å². The van der Waals surface area contributed by atoms with Crippen molar-refractivity contribution in [3.63, 3.8) is 0 Å². The lowest BCUT2D eigenvalue weighted by Crippen LogP contribution is -2.28. The van der Waals surface area contributed by atoms with Crippen molar-refractivity contribution in [3.05, 3.63) is 36.0 Å². The van der Waals surface area contributed by atoms with E-state index in [1.165, 1.54) is 31.7 Å². The molecule has 1 aliphatic carbocycles. The molecule has 9 nitrogen and oxygen atoms in total. The first-order valence-corrected chi connectivity index (χ1v) is 10.3. The Balaban J connectivity index is 0.000000282. The minimum Gasteiger partial charge on any atom is -0.393 e. The number of carbonyl (C=O) groups excluding carboxylic acids is 1. The molecule has 10 heteroatoms. The second-order valence-corrected chi connectivity index (χ2v) is 7.63. The molecule has 3 aromatic rings. The normalized spacial score (nSPS) is 15.9. The summed E-state index contributed by atoms with van der Waals surface area (Å²) in [7, 11) is 0. The molecule has 4 N–H and O–H groups in total. The topological polar surface area (TPSA) is 129 Å². The van der Waals surface area contributed by atoms with Gasteiger partial charge in [-0.05, 0) is 37.5 Å². The van der Waals surface area contributed by atoms with Crippen molar-refractivity contribution in [2.24, 2.45) is 0 Å². The van der Waals surface area contributed by atoms with E-state index in [4.69, 9.17) is 5.11 Å². The second-order valence-electron chi connectivity index (χ2n) is 7.63. The Hall–Kier alpha value is -3.40. The quantitative estimate of drug-likeness (QED) is 0.497. The molecule has 0 unspecified atom stereocenters. The largest absolute Gasteiger partial charge is 0.393 e. The van der Waals surface area contributed by atoms with Gasteiger partial charge in [0.25, 0.3) is 0 Å². The monoisotopic (exact) mass is 425 g/mol. The van der Waals surface area contributed by atoms with Gasteiger partial charge in [-0.3, -0.25) is 9.89 Å². The summed E-state index contributed by atoms with van der Waals surface area (Å²) in [5, 5.41) is 20.8. The third kappa shape index (κ3) is 4.85. The van der Waals surface area contributed by atoms with Crippen LogP contribution in [0.4, 0.5) is 16.0 Å². The van der Waals surface area contributed by atoms with E-state index >= 15 is 0 Å². The fourth-order valence-electron chi connectivity index (χ4n) is 3.63. The number of halogens is 1. The zero-order valence-corrected chi connectivity index (χ0v) is 17.2. The Morgan fingerprint density at radius 3 is 2.58 bits per heavy atom. The molecule has 5 rings (SSSR count). The highest BCUT2D eigenvalue weighted by atomic mass is 19.1. The maximum atomic E-state index is 14.5. The van der Waals surface area contributed by atoms with E-state index in [9.17, 15) is 9.18 Å². The Morgan fingerprint density at radius 2 is 1.90 bits per heavy atom. The number of aromatic nitrogens is 5. The molecule has 0 atom stereocenters. The first-order valence-electron chi connectivity index (χ1n) is 10.3. The molecule has 1 aromatic carbocycles. The van der Waals surface area contributed by atoms with Gasteiger partial charge in [-0.25, -0.2) is 19.3 Å². The maximum Gasteiger partial charge on any atom is 0.244 e. The fraction of sp³-hybridized carbons (Fsp3) is 0.381. The van der Waals surface area contributed by atoms with Crippen LogP contribution in [0, 0.1) is 12.7 Å². The Morgan fingerprint density at radius 1 is 1.10 bits per heavy atom. The van der Waals surface area contributed by atoms with Crippen LogP contribution in [0.3, 0.4) is 0 Å². The van der Waals surface area contributed by atoms with E-state index in [1.807, 2.05) is 6.92 Å². The maximum absolute atomic E-state index is 14.5. The molecule has 0 spiro atoms. The van der Waals surface area contributed by atoms with Crippen molar-refractivity contribution in [2.45, 2.75) is 45.1 Å². The average Bonchev–Trinajstić information content (AvgIpc) is 3.30. The number of carbonyl (C=O) groups is 1. The van der Waals surface area contributed by atoms with Crippen LogP contribution in [-0.4, -0.2) is 48.8 Å². The first-order chi connectivity index (χ1) is 15.0. The van der Waals surface area contributed by atoms with Gasteiger partial charge in [-0.1, -0.05) is 19.3 Å². The van der Waals surface area contributed by atoms with Gasteiger partial charge in [-0.2, -0.15) is 5.10 Å². The van der Waals surface area contributed by atoms with Crippen molar-refractivity contribution in [1.82, 2.24) is 25.1 Å². The van der Waals surface area contributed by atoms with Crippen LogP contribution in [0.15, 0.2) is 24.7 Å². The van der Waals surface area contributed by atoms with Crippen LogP contribution in [0.5, 0.6) is 0 Å². The lowest BCUT2D eigenvalue weighted by Gasteiger charge is -2.17. The summed E-state index contributed by atoms with van der Waals surface area (Å²) in [6.07, 6.45) is 8.79. The molecule has 1 amide bonds. The van der Waals surface area contributed by atoms with E-state index in [0.717, 1.165) is 18.4 Å². The smallest absolute Gasteiger partial charge is 0.244 e. The summed E-state index contributed by atoms with van der Waals surface area (Å²) in [5.41, 5.74) is 2.19. The highest BCUT2D eigenvalue weighted by Crippen LogP contribution is 2.30. The van der Waals surface area contributed by atoms with Crippen LogP contribution in [-0.2, 0) is 4.79 Å². The van der Waals surface area contributed by atoms with Crippen LogP contribution in [0.2, 0.25) is 0 Å². The van der Waals surface area contributed by atoms with Gasteiger partial charge in [0.1, 0.15) is 12.1 Å². The van der Waals surface area contributed by atoms with Crippen molar-refractivity contribution in [1.29, 1.82) is 0 Å². The summed E-state index contributed by atoms with van der Waals surface area (Å²) in [6, 6.07) is 3.05.